The van der Waals surface area contributed by atoms with E-state index in [0.717, 1.165) is 12.0 Å². The lowest BCUT2D eigenvalue weighted by molar-refractivity contribution is -0.270. The largest absolute Gasteiger partial charge is 0.392 e. The summed E-state index contributed by atoms with van der Waals surface area (Å²) in [5.74, 6) is 5.99. The highest BCUT2D eigenvalue weighted by molar-refractivity contribution is 5.27. The summed E-state index contributed by atoms with van der Waals surface area (Å²) >= 11 is 0. The fraction of sp³-hybridized carbons (Fsp3) is 0.556. The van der Waals surface area contributed by atoms with E-state index in [1.165, 1.54) is 0 Å². The Morgan fingerprint density at radius 3 is 2.64 bits per heavy atom. The summed E-state index contributed by atoms with van der Waals surface area (Å²) in [6, 6.07) is 9.37. The first-order chi connectivity index (χ1) is 10.7. The Balaban J connectivity index is 1.47. The first-order valence-corrected chi connectivity index (χ1v) is 7.90. The lowest BCUT2D eigenvalue weighted by Crippen LogP contribution is -2.53. The number of rotatable bonds is 1. The van der Waals surface area contributed by atoms with Crippen LogP contribution in [0.4, 0.5) is 0 Å². The van der Waals surface area contributed by atoms with Crippen LogP contribution in [0.2, 0.25) is 0 Å². The topological polar surface area (TPSA) is 58.9 Å². The SMILES string of the molecule is OC(C#CC1C(O)CC2C1CC21OCCO1)c1ccccc1. The second-order valence-corrected chi connectivity index (χ2v) is 6.41. The van der Waals surface area contributed by atoms with E-state index in [4.69, 9.17) is 9.47 Å². The van der Waals surface area contributed by atoms with Crippen LogP contribution in [0, 0.1) is 29.6 Å². The van der Waals surface area contributed by atoms with Crippen LogP contribution < -0.4 is 0 Å². The molecule has 1 heterocycles. The normalized spacial score (nSPS) is 36.3. The van der Waals surface area contributed by atoms with Gasteiger partial charge in [0.2, 0.25) is 0 Å². The van der Waals surface area contributed by atoms with Crippen LogP contribution in [0.15, 0.2) is 30.3 Å². The second-order valence-electron chi connectivity index (χ2n) is 6.41. The minimum absolute atomic E-state index is 0.0956. The summed E-state index contributed by atoms with van der Waals surface area (Å²) in [5.41, 5.74) is 0.784. The molecule has 4 heteroatoms. The van der Waals surface area contributed by atoms with Crippen molar-refractivity contribution in [3.05, 3.63) is 35.9 Å². The smallest absolute Gasteiger partial charge is 0.172 e. The van der Waals surface area contributed by atoms with Gasteiger partial charge in [-0.3, -0.25) is 0 Å². The molecule has 0 aromatic heterocycles. The summed E-state index contributed by atoms with van der Waals surface area (Å²) < 4.78 is 11.5. The highest BCUT2D eigenvalue weighted by Crippen LogP contribution is 2.59. The molecule has 4 nitrogen and oxygen atoms in total. The molecule has 1 aromatic rings. The molecule has 2 N–H and O–H groups in total. The van der Waals surface area contributed by atoms with Gasteiger partial charge in [0.15, 0.2) is 5.79 Å². The number of aliphatic hydroxyl groups excluding tert-OH is 2. The fourth-order valence-corrected chi connectivity index (χ4v) is 4.11. The molecule has 2 saturated carbocycles. The van der Waals surface area contributed by atoms with E-state index >= 15 is 0 Å². The number of ether oxygens (including phenoxy) is 2. The molecule has 5 unspecified atom stereocenters. The lowest BCUT2D eigenvalue weighted by Gasteiger charge is -2.48. The van der Waals surface area contributed by atoms with Crippen molar-refractivity contribution in [2.24, 2.45) is 17.8 Å². The number of aliphatic hydroxyl groups is 2. The molecule has 116 valence electrons. The van der Waals surface area contributed by atoms with Crippen LogP contribution in [-0.4, -0.2) is 35.3 Å². The number of benzene rings is 1. The standard InChI is InChI=1S/C18H20O4/c19-16(12-4-2-1-3-5-12)7-6-13-14-11-18(21-8-9-22-18)15(14)10-17(13)20/h1-5,13-17,19-20H,8-11H2. The molecule has 3 fully saturated rings. The van der Waals surface area contributed by atoms with Gasteiger partial charge in [0.05, 0.1) is 19.3 Å². The molecule has 2 aliphatic carbocycles. The van der Waals surface area contributed by atoms with E-state index in [9.17, 15) is 10.2 Å². The van der Waals surface area contributed by atoms with Crippen molar-refractivity contribution in [2.75, 3.05) is 13.2 Å². The molecule has 0 amide bonds. The van der Waals surface area contributed by atoms with Gasteiger partial charge in [-0.2, -0.15) is 0 Å². The Labute approximate surface area is 130 Å². The van der Waals surface area contributed by atoms with Gasteiger partial charge in [0.25, 0.3) is 0 Å². The van der Waals surface area contributed by atoms with Crippen molar-refractivity contribution in [2.45, 2.75) is 30.8 Å². The molecule has 4 rings (SSSR count). The maximum atomic E-state index is 10.3. The van der Waals surface area contributed by atoms with Crippen LogP contribution in [0.3, 0.4) is 0 Å². The van der Waals surface area contributed by atoms with Gasteiger partial charge in [0, 0.05) is 18.3 Å². The molecular formula is C18H20O4. The Morgan fingerprint density at radius 1 is 1.18 bits per heavy atom. The summed E-state index contributed by atoms with van der Waals surface area (Å²) in [5, 5.41) is 20.4. The van der Waals surface area contributed by atoms with Gasteiger partial charge < -0.3 is 19.7 Å². The Bertz CT molecular complexity index is 597. The monoisotopic (exact) mass is 300 g/mol. The summed E-state index contributed by atoms with van der Waals surface area (Å²) in [6.45, 7) is 1.28. The first kappa shape index (κ1) is 14.2. The fourth-order valence-electron chi connectivity index (χ4n) is 4.11. The maximum Gasteiger partial charge on any atom is 0.172 e. The molecule has 1 aromatic carbocycles. The van der Waals surface area contributed by atoms with Crippen molar-refractivity contribution in [1.29, 1.82) is 0 Å². The first-order valence-electron chi connectivity index (χ1n) is 7.90. The van der Waals surface area contributed by atoms with E-state index in [1.807, 2.05) is 30.3 Å². The third-order valence-electron chi connectivity index (χ3n) is 5.25. The van der Waals surface area contributed by atoms with Crippen LogP contribution in [0.25, 0.3) is 0 Å². The summed E-state index contributed by atoms with van der Waals surface area (Å²) in [7, 11) is 0. The van der Waals surface area contributed by atoms with E-state index in [2.05, 4.69) is 11.8 Å². The minimum Gasteiger partial charge on any atom is -0.392 e. The van der Waals surface area contributed by atoms with Crippen LogP contribution in [0.5, 0.6) is 0 Å². The number of hydrogen-bond donors (Lipinski definition) is 2. The third-order valence-corrected chi connectivity index (χ3v) is 5.25. The molecule has 0 bridgehead atoms. The van der Waals surface area contributed by atoms with Crippen molar-refractivity contribution in [3.8, 4) is 11.8 Å². The van der Waals surface area contributed by atoms with Gasteiger partial charge in [-0.25, -0.2) is 0 Å². The zero-order chi connectivity index (χ0) is 15.2. The molecule has 3 aliphatic rings. The summed E-state index contributed by atoms with van der Waals surface area (Å²) in [6.07, 6.45) is 0.208. The van der Waals surface area contributed by atoms with E-state index in [1.54, 1.807) is 0 Å². The Hall–Kier alpha value is -1.38. The maximum absolute atomic E-state index is 10.3. The number of hydrogen-bond acceptors (Lipinski definition) is 4. The Morgan fingerprint density at radius 2 is 1.91 bits per heavy atom. The van der Waals surface area contributed by atoms with E-state index < -0.39 is 18.0 Å². The van der Waals surface area contributed by atoms with Crippen molar-refractivity contribution >= 4 is 0 Å². The Kier molecular flexibility index (Phi) is 3.47. The minimum atomic E-state index is -0.805. The zero-order valence-corrected chi connectivity index (χ0v) is 12.3. The predicted molar refractivity (Wildman–Crippen MR) is 79.5 cm³/mol. The van der Waals surface area contributed by atoms with E-state index in [0.29, 0.717) is 25.6 Å². The van der Waals surface area contributed by atoms with Gasteiger partial charge in [-0.15, -0.1) is 0 Å². The van der Waals surface area contributed by atoms with Gasteiger partial charge >= 0.3 is 0 Å². The predicted octanol–water partition coefficient (Wildman–Crippen LogP) is 1.48. The van der Waals surface area contributed by atoms with Gasteiger partial charge in [0.1, 0.15) is 6.10 Å². The average molecular weight is 300 g/mol. The van der Waals surface area contributed by atoms with Crippen LogP contribution in [-0.2, 0) is 9.47 Å². The van der Waals surface area contributed by atoms with Crippen LogP contribution >= 0.6 is 0 Å². The molecule has 1 aliphatic heterocycles. The third kappa shape index (κ3) is 2.17. The van der Waals surface area contributed by atoms with Gasteiger partial charge in [-0.1, -0.05) is 42.2 Å². The second kappa shape index (κ2) is 5.36. The highest BCUT2D eigenvalue weighted by Gasteiger charge is 2.64. The number of fused-ring (bicyclic) bond motifs is 2. The van der Waals surface area contributed by atoms with Crippen molar-refractivity contribution < 1.29 is 19.7 Å². The van der Waals surface area contributed by atoms with Crippen molar-refractivity contribution in [3.63, 3.8) is 0 Å². The molecule has 5 atom stereocenters. The molecule has 1 spiro atoms. The molecule has 22 heavy (non-hydrogen) atoms. The molecular weight excluding hydrogens is 280 g/mol. The van der Waals surface area contributed by atoms with Crippen LogP contribution in [0.1, 0.15) is 24.5 Å². The zero-order valence-electron chi connectivity index (χ0n) is 12.3. The lowest BCUT2D eigenvalue weighted by atomic mass is 9.67. The van der Waals surface area contributed by atoms with Gasteiger partial charge in [-0.05, 0) is 17.9 Å². The quantitative estimate of drug-likeness (QED) is 0.771. The summed E-state index contributed by atoms with van der Waals surface area (Å²) in [4.78, 5) is 0. The molecule has 0 radical (unpaired) electrons. The average Bonchev–Trinajstić information content (AvgIpc) is 3.12. The van der Waals surface area contributed by atoms with E-state index in [-0.39, 0.29) is 11.8 Å². The van der Waals surface area contributed by atoms with Crippen molar-refractivity contribution in [1.82, 2.24) is 0 Å². The highest BCUT2D eigenvalue weighted by atomic mass is 16.7. The molecule has 1 saturated heterocycles.